The highest BCUT2D eigenvalue weighted by Gasteiger charge is 2.67. The van der Waals surface area contributed by atoms with Gasteiger partial charge in [-0.1, -0.05) is 44.2 Å². The molecule has 3 aliphatic heterocycles. The van der Waals surface area contributed by atoms with Gasteiger partial charge in [0.25, 0.3) is 0 Å². The Hall–Kier alpha value is -3.12. The molecular formula is C25H26N2O4. The molecule has 2 amide bonds. The second-order valence-corrected chi connectivity index (χ2v) is 8.79. The van der Waals surface area contributed by atoms with E-state index in [2.05, 4.69) is 19.2 Å². The molecule has 0 unspecified atom stereocenters. The van der Waals surface area contributed by atoms with Crippen molar-refractivity contribution in [3.05, 3.63) is 66.2 Å². The summed E-state index contributed by atoms with van der Waals surface area (Å²) < 4.78 is 11.5. The molecule has 2 bridgehead atoms. The van der Waals surface area contributed by atoms with Crippen molar-refractivity contribution in [3.8, 4) is 5.75 Å². The van der Waals surface area contributed by atoms with Crippen LogP contribution in [0, 0.1) is 11.8 Å². The zero-order chi connectivity index (χ0) is 21.8. The van der Waals surface area contributed by atoms with Gasteiger partial charge < -0.3 is 19.7 Å². The van der Waals surface area contributed by atoms with E-state index in [1.54, 1.807) is 12.0 Å². The van der Waals surface area contributed by atoms with Crippen LogP contribution >= 0.6 is 0 Å². The van der Waals surface area contributed by atoms with Crippen molar-refractivity contribution in [2.45, 2.75) is 31.5 Å². The lowest BCUT2D eigenvalue weighted by atomic mass is 9.76. The van der Waals surface area contributed by atoms with Gasteiger partial charge in [-0.25, -0.2) is 0 Å². The summed E-state index contributed by atoms with van der Waals surface area (Å²) in [5.41, 5.74) is 1.93. The van der Waals surface area contributed by atoms with Crippen LogP contribution in [0.1, 0.15) is 25.3 Å². The molecule has 2 fully saturated rings. The lowest BCUT2D eigenvalue weighted by Crippen LogP contribution is -2.41. The summed E-state index contributed by atoms with van der Waals surface area (Å²) in [6.07, 6.45) is 3.50. The van der Waals surface area contributed by atoms with Crippen LogP contribution in [0.15, 0.2) is 60.7 Å². The van der Waals surface area contributed by atoms with Gasteiger partial charge >= 0.3 is 0 Å². The number of nitrogens with one attached hydrogen (secondary N) is 1. The van der Waals surface area contributed by atoms with Crippen LogP contribution in [0.2, 0.25) is 0 Å². The minimum Gasteiger partial charge on any atom is -0.497 e. The summed E-state index contributed by atoms with van der Waals surface area (Å²) in [4.78, 5) is 28.4. The highest BCUT2D eigenvalue weighted by molar-refractivity contribution is 6.05. The van der Waals surface area contributed by atoms with E-state index in [0.717, 1.165) is 11.4 Å². The molecule has 2 aromatic carbocycles. The smallest absolute Gasteiger partial charge is 0.234 e. The minimum absolute atomic E-state index is 0.0876. The summed E-state index contributed by atoms with van der Waals surface area (Å²) in [6.45, 7) is 4.65. The minimum atomic E-state index is -0.756. The van der Waals surface area contributed by atoms with Gasteiger partial charge in [-0.2, -0.15) is 0 Å². The number of ether oxygens (including phenoxy) is 2. The molecule has 0 aromatic heterocycles. The van der Waals surface area contributed by atoms with Crippen molar-refractivity contribution < 1.29 is 19.1 Å². The van der Waals surface area contributed by atoms with Crippen LogP contribution in [0.25, 0.3) is 0 Å². The third-order valence-electron chi connectivity index (χ3n) is 6.61. The molecular weight excluding hydrogens is 392 g/mol. The number of carbonyl (C=O) groups is 2. The number of amides is 2. The molecule has 3 heterocycles. The Morgan fingerprint density at radius 3 is 2.71 bits per heavy atom. The summed E-state index contributed by atoms with van der Waals surface area (Å²) in [5, 5.41) is 2.99. The Balaban J connectivity index is 1.39. The fraction of sp³-hybridized carbons (Fsp3) is 0.360. The van der Waals surface area contributed by atoms with E-state index in [1.165, 1.54) is 5.56 Å². The van der Waals surface area contributed by atoms with E-state index in [-0.39, 0.29) is 17.9 Å². The van der Waals surface area contributed by atoms with Gasteiger partial charge in [0.05, 0.1) is 31.6 Å². The first kappa shape index (κ1) is 19.8. The van der Waals surface area contributed by atoms with Crippen LogP contribution in [0.4, 0.5) is 11.4 Å². The molecule has 0 saturated carbocycles. The standard InChI is InChI=1S/C25H26N2O4/c1-15(2)16-7-9-17(10-8-16)26-23(28)21-20-11-12-25(31-20)14-27(24(29)22(21)25)18-5-4-6-19(13-18)30-3/h4-13,15,20-22H,14H2,1-3H3,(H,26,28)/t20-,21+,22+,25-/m1/s1. The average Bonchev–Trinajstić information content (AvgIpc) is 3.42. The number of hydrogen-bond donors (Lipinski definition) is 1. The quantitative estimate of drug-likeness (QED) is 0.751. The molecule has 160 valence electrons. The second-order valence-electron chi connectivity index (χ2n) is 8.79. The van der Waals surface area contributed by atoms with E-state index in [9.17, 15) is 9.59 Å². The van der Waals surface area contributed by atoms with Gasteiger partial charge in [-0.3, -0.25) is 9.59 Å². The predicted octanol–water partition coefficient (Wildman–Crippen LogP) is 3.74. The molecule has 31 heavy (non-hydrogen) atoms. The van der Waals surface area contributed by atoms with Crippen molar-refractivity contribution in [2.24, 2.45) is 11.8 Å². The number of nitrogens with zero attached hydrogens (tertiary/aromatic N) is 1. The van der Waals surface area contributed by atoms with E-state index >= 15 is 0 Å². The van der Waals surface area contributed by atoms with Crippen molar-refractivity contribution >= 4 is 23.2 Å². The van der Waals surface area contributed by atoms with Crippen LogP contribution in [-0.4, -0.2) is 37.2 Å². The summed E-state index contributed by atoms with van der Waals surface area (Å²) in [6, 6.07) is 15.3. The van der Waals surface area contributed by atoms with Crippen LogP contribution in [0.3, 0.4) is 0 Å². The van der Waals surface area contributed by atoms with E-state index < -0.39 is 17.4 Å². The fourth-order valence-corrected chi connectivity index (χ4v) is 4.97. The number of carbonyl (C=O) groups excluding carboxylic acids is 2. The van der Waals surface area contributed by atoms with E-state index in [0.29, 0.717) is 18.2 Å². The molecule has 6 heteroatoms. The normalized spacial score (nSPS) is 28.3. The molecule has 3 aliphatic rings. The number of anilines is 2. The molecule has 1 spiro atoms. The molecule has 1 N–H and O–H groups in total. The largest absolute Gasteiger partial charge is 0.497 e. The van der Waals surface area contributed by atoms with Crippen molar-refractivity contribution in [1.29, 1.82) is 0 Å². The Morgan fingerprint density at radius 2 is 2.00 bits per heavy atom. The Labute approximate surface area is 181 Å². The molecule has 0 aliphatic carbocycles. The lowest BCUT2D eigenvalue weighted by Gasteiger charge is -2.23. The van der Waals surface area contributed by atoms with E-state index in [4.69, 9.17) is 9.47 Å². The van der Waals surface area contributed by atoms with Gasteiger partial charge in [0.15, 0.2) is 0 Å². The molecule has 6 nitrogen and oxygen atoms in total. The number of benzene rings is 2. The van der Waals surface area contributed by atoms with Crippen LogP contribution in [-0.2, 0) is 14.3 Å². The summed E-state index contributed by atoms with van der Waals surface area (Å²) in [5.74, 6) is -0.261. The Kier molecular flexibility index (Phi) is 4.63. The van der Waals surface area contributed by atoms with Gasteiger partial charge in [-0.15, -0.1) is 0 Å². The predicted molar refractivity (Wildman–Crippen MR) is 118 cm³/mol. The van der Waals surface area contributed by atoms with Crippen molar-refractivity contribution in [3.63, 3.8) is 0 Å². The number of rotatable bonds is 5. The number of fused-ring (bicyclic) bond motifs is 1. The SMILES string of the molecule is COc1cccc(N2C[C@@]34C=C[C@@H](O3)[C@H](C(=O)Nc3ccc(C(C)C)cc3)[C@H]4C2=O)c1. The first-order valence-corrected chi connectivity index (χ1v) is 10.7. The third-order valence-corrected chi connectivity index (χ3v) is 6.61. The maximum Gasteiger partial charge on any atom is 0.234 e. The highest BCUT2D eigenvalue weighted by Crippen LogP contribution is 2.53. The van der Waals surface area contributed by atoms with Crippen molar-refractivity contribution in [1.82, 2.24) is 0 Å². The van der Waals surface area contributed by atoms with Crippen LogP contribution < -0.4 is 15.0 Å². The van der Waals surface area contributed by atoms with Gasteiger partial charge in [0.1, 0.15) is 11.4 Å². The fourth-order valence-electron chi connectivity index (χ4n) is 4.97. The molecule has 4 atom stereocenters. The highest BCUT2D eigenvalue weighted by atomic mass is 16.5. The molecule has 0 radical (unpaired) electrons. The number of hydrogen-bond acceptors (Lipinski definition) is 4. The maximum atomic E-state index is 13.4. The average molecular weight is 418 g/mol. The maximum absolute atomic E-state index is 13.4. The zero-order valence-electron chi connectivity index (χ0n) is 17.9. The Morgan fingerprint density at radius 1 is 1.23 bits per heavy atom. The lowest BCUT2D eigenvalue weighted by molar-refractivity contribution is -0.128. The monoisotopic (exact) mass is 418 g/mol. The molecule has 5 rings (SSSR count). The van der Waals surface area contributed by atoms with Crippen LogP contribution in [0.5, 0.6) is 5.75 Å². The second kappa shape index (κ2) is 7.24. The molecule has 2 aromatic rings. The molecule has 2 saturated heterocycles. The van der Waals surface area contributed by atoms with Gasteiger partial charge in [0, 0.05) is 17.4 Å². The summed E-state index contributed by atoms with van der Waals surface area (Å²) >= 11 is 0. The zero-order valence-corrected chi connectivity index (χ0v) is 17.9. The number of methoxy groups -OCH3 is 1. The summed E-state index contributed by atoms with van der Waals surface area (Å²) in [7, 11) is 1.60. The van der Waals surface area contributed by atoms with Crippen molar-refractivity contribution in [2.75, 3.05) is 23.9 Å². The first-order valence-electron chi connectivity index (χ1n) is 10.7. The van der Waals surface area contributed by atoms with Gasteiger partial charge in [-0.05, 0) is 35.7 Å². The van der Waals surface area contributed by atoms with E-state index in [1.807, 2.05) is 60.7 Å². The third kappa shape index (κ3) is 3.13. The topological polar surface area (TPSA) is 67.9 Å². The first-order chi connectivity index (χ1) is 14.9. The van der Waals surface area contributed by atoms with Gasteiger partial charge in [0.2, 0.25) is 11.8 Å². The Bertz CT molecular complexity index is 1060.